The Morgan fingerprint density at radius 1 is 1.07 bits per heavy atom. The number of thioether (sulfide) groups is 1. The molecule has 0 radical (unpaired) electrons. The number of phenols is 1. The number of fused-ring (bicyclic) bond motifs is 1. The molecule has 3 atom stereocenters. The molecule has 2 aliphatic heterocycles. The molecule has 4 heterocycles. The first-order valence-electron chi connectivity index (χ1n) is 9.09. The van der Waals surface area contributed by atoms with Crippen molar-refractivity contribution in [2.75, 3.05) is 6.54 Å². The van der Waals surface area contributed by atoms with Gasteiger partial charge in [-0.2, -0.15) is 0 Å². The van der Waals surface area contributed by atoms with Crippen LogP contribution >= 0.6 is 11.8 Å². The summed E-state index contributed by atoms with van der Waals surface area (Å²) in [5.74, 6) is 0.273. The predicted molar refractivity (Wildman–Crippen MR) is 108 cm³/mol. The zero-order chi connectivity index (χ0) is 18.4. The molecule has 0 aliphatic carbocycles. The quantitative estimate of drug-likeness (QED) is 0.745. The maximum absolute atomic E-state index is 9.63. The summed E-state index contributed by atoms with van der Waals surface area (Å²) in [5, 5.41) is 11.3. The molecule has 0 spiro atoms. The molecule has 0 unspecified atom stereocenters. The Bertz CT molecular complexity index is 983. The van der Waals surface area contributed by atoms with Crippen LogP contribution in [-0.2, 0) is 0 Å². The molecule has 1 aromatic carbocycles. The lowest BCUT2D eigenvalue weighted by molar-refractivity contribution is 0.312. The van der Waals surface area contributed by atoms with E-state index in [1.807, 2.05) is 42.2 Å². The van der Waals surface area contributed by atoms with Crippen LogP contribution in [0.3, 0.4) is 0 Å². The van der Waals surface area contributed by atoms with Gasteiger partial charge in [0.15, 0.2) is 5.17 Å². The average Bonchev–Trinajstić information content (AvgIpc) is 3.37. The number of phenolic OH excluding ortho intramolecular Hbond substituents is 1. The molecule has 0 saturated carbocycles. The number of amidine groups is 1. The number of hydrogen-bond acceptors (Lipinski definition) is 5. The van der Waals surface area contributed by atoms with Gasteiger partial charge in [0.2, 0.25) is 0 Å². The van der Waals surface area contributed by atoms with Crippen LogP contribution in [0.25, 0.3) is 5.69 Å². The first-order valence-corrected chi connectivity index (χ1v) is 9.97. The molecule has 27 heavy (non-hydrogen) atoms. The second-order valence-corrected chi connectivity index (χ2v) is 8.36. The van der Waals surface area contributed by atoms with Crippen molar-refractivity contribution < 1.29 is 5.11 Å². The van der Waals surface area contributed by atoms with E-state index < -0.39 is 0 Å². The molecule has 5 nitrogen and oxygen atoms in total. The highest BCUT2D eigenvalue weighted by Gasteiger charge is 2.44. The van der Waals surface area contributed by atoms with Crippen molar-refractivity contribution in [3.8, 4) is 11.4 Å². The largest absolute Gasteiger partial charge is 0.508 e. The molecule has 3 aromatic rings. The molecule has 0 amide bonds. The van der Waals surface area contributed by atoms with Crippen LogP contribution in [0.1, 0.15) is 30.4 Å². The second kappa shape index (κ2) is 6.46. The Labute approximate surface area is 162 Å². The van der Waals surface area contributed by atoms with E-state index in [1.165, 1.54) is 5.69 Å². The third-order valence-electron chi connectivity index (χ3n) is 5.09. The number of aromatic hydroxyl groups is 1. The van der Waals surface area contributed by atoms with Crippen LogP contribution in [0.5, 0.6) is 5.75 Å². The second-order valence-electron chi connectivity index (χ2n) is 6.96. The topological polar surface area (TPSA) is 53.7 Å². The van der Waals surface area contributed by atoms with Crippen molar-refractivity contribution in [1.82, 2.24) is 14.5 Å². The van der Waals surface area contributed by atoms with Crippen molar-refractivity contribution in [1.29, 1.82) is 0 Å². The Hall–Kier alpha value is -2.73. The molecule has 6 heteroatoms. The van der Waals surface area contributed by atoms with Gasteiger partial charge in [0, 0.05) is 35.6 Å². The summed E-state index contributed by atoms with van der Waals surface area (Å²) >= 11 is 1.85. The average molecular weight is 376 g/mol. The maximum Gasteiger partial charge on any atom is 0.160 e. The fourth-order valence-corrected chi connectivity index (χ4v) is 5.01. The first kappa shape index (κ1) is 16.4. The molecule has 2 aromatic heterocycles. The van der Waals surface area contributed by atoms with Gasteiger partial charge in [0.05, 0.1) is 11.7 Å². The van der Waals surface area contributed by atoms with Crippen molar-refractivity contribution in [3.05, 3.63) is 78.4 Å². The Morgan fingerprint density at radius 3 is 2.70 bits per heavy atom. The van der Waals surface area contributed by atoms with Gasteiger partial charge in [-0.1, -0.05) is 24.8 Å². The van der Waals surface area contributed by atoms with Crippen LogP contribution in [0.4, 0.5) is 0 Å². The molecule has 2 aliphatic rings. The Kier molecular flexibility index (Phi) is 3.93. The van der Waals surface area contributed by atoms with Crippen molar-refractivity contribution in [2.45, 2.75) is 24.3 Å². The van der Waals surface area contributed by atoms with Gasteiger partial charge < -0.3 is 14.6 Å². The molecule has 1 saturated heterocycles. The third kappa shape index (κ3) is 2.80. The summed E-state index contributed by atoms with van der Waals surface area (Å²) in [4.78, 5) is 12.1. The molecule has 1 fully saturated rings. The van der Waals surface area contributed by atoms with E-state index in [0.29, 0.717) is 5.25 Å². The molecule has 136 valence electrons. The van der Waals surface area contributed by atoms with E-state index in [0.717, 1.165) is 23.1 Å². The lowest BCUT2D eigenvalue weighted by atomic mass is 10.0. The summed E-state index contributed by atoms with van der Waals surface area (Å²) in [7, 11) is 0. The summed E-state index contributed by atoms with van der Waals surface area (Å²) < 4.78 is 2.19. The zero-order valence-electron chi connectivity index (χ0n) is 14.9. The van der Waals surface area contributed by atoms with E-state index in [2.05, 4.69) is 45.8 Å². The lowest BCUT2D eigenvalue weighted by Crippen LogP contribution is -2.30. The van der Waals surface area contributed by atoms with Gasteiger partial charge >= 0.3 is 0 Å². The van der Waals surface area contributed by atoms with Crippen LogP contribution in [0, 0.1) is 0 Å². The van der Waals surface area contributed by atoms with Gasteiger partial charge in [-0.25, -0.2) is 0 Å². The molecule has 1 N–H and O–H groups in total. The zero-order valence-corrected chi connectivity index (χ0v) is 15.8. The standard InChI is InChI=1S/C21H20N4OS/c1-14-13-25-20(19(23-21(25)27-14)17-5-2-3-11-22-17)18-6-4-12-24(18)15-7-9-16(26)10-8-15/h2-12,14,19-20,26H,13H2,1H3/t14-,19-,20-/m0/s1. The fourth-order valence-electron chi connectivity index (χ4n) is 3.92. The summed E-state index contributed by atoms with van der Waals surface area (Å²) in [6.07, 6.45) is 3.91. The summed E-state index contributed by atoms with van der Waals surface area (Å²) in [5.41, 5.74) is 3.21. The minimum atomic E-state index is -0.0213. The van der Waals surface area contributed by atoms with Crippen LogP contribution in [-0.4, -0.2) is 36.5 Å². The van der Waals surface area contributed by atoms with Gasteiger partial charge in [-0.3, -0.25) is 9.98 Å². The maximum atomic E-state index is 9.63. The number of rotatable bonds is 3. The minimum absolute atomic E-state index is 0.0213. The Balaban J connectivity index is 1.60. The lowest BCUT2D eigenvalue weighted by Gasteiger charge is -2.28. The fraction of sp³-hybridized carbons (Fsp3) is 0.238. The third-order valence-corrected chi connectivity index (χ3v) is 6.19. The van der Waals surface area contributed by atoms with Crippen molar-refractivity contribution in [2.24, 2.45) is 4.99 Å². The van der Waals surface area contributed by atoms with Gasteiger partial charge in [0.1, 0.15) is 11.8 Å². The van der Waals surface area contributed by atoms with E-state index in [-0.39, 0.29) is 17.8 Å². The first-order chi connectivity index (χ1) is 13.2. The van der Waals surface area contributed by atoms with Crippen molar-refractivity contribution in [3.63, 3.8) is 0 Å². The number of aliphatic imine (C=N–C) groups is 1. The SMILES string of the molecule is C[C@H]1CN2C(=N[C@@H](c3ccccn3)[C@@H]2c2cccn2-c2ccc(O)cc2)S1. The summed E-state index contributed by atoms with van der Waals surface area (Å²) in [6, 6.07) is 17.7. The molecule has 5 rings (SSSR count). The molecular formula is C21H20N4OS. The molecular weight excluding hydrogens is 356 g/mol. The smallest absolute Gasteiger partial charge is 0.160 e. The highest BCUT2D eigenvalue weighted by molar-refractivity contribution is 8.14. The molecule has 0 bridgehead atoms. The van der Waals surface area contributed by atoms with Gasteiger partial charge in [-0.15, -0.1) is 0 Å². The highest BCUT2D eigenvalue weighted by Crippen LogP contribution is 2.47. The van der Waals surface area contributed by atoms with Gasteiger partial charge in [0.25, 0.3) is 0 Å². The number of pyridine rings is 1. The minimum Gasteiger partial charge on any atom is -0.508 e. The van der Waals surface area contributed by atoms with Crippen LogP contribution in [0.2, 0.25) is 0 Å². The van der Waals surface area contributed by atoms with Crippen LogP contribution < -0.4 is 0 Å². The number of benzene rings is 1. The van der Waals surface area contributed by atoms with E-state index in [9.17, 15) is 5.11 Å². The van der Waals surface area contributed by atoms with E-state index >= 15 is 0 Å². The van der Waals surface area contributed by atoms with Crippen molar-refractivity contribution >= 4 is 16.9 Å². The number of nitrogens with zero attached hydrogens (tertiary/aromatic N) is 4. The highest BCUT2D eigenvalue weighted by atomic mass is 32.2. The monoisotopic (exact) mass is 376 g/mol. The van der Waals surface area contributed by atoms with Crippen LogP contribution in [0.15, 0.2) is 72.0 Å². The Morgan fingerprint density at radius 2 is 1.93 bits per heavy atom. The normalized spacial score (nSPS) is 24.1. The number of aromatic nitrogens is 2. The predicted octanol–water partition coefficient (Wildman–Crippen LogP) is 4.17. The van der Waals surface area contributed by atoms with Gasteiger partial charge in [-0.05, 0) is 48.5 Å². The van der Waals surface area contributed by atoms with E-state index in [4.69, 9.17) is 4.99 Å². The number of hydrogen-bond donors (Lipinski definition) is 1. The summed E-state index contributed by atoms with van der Waals surface area (Å²) in [6.45, 7) is 3.23. The van der Waals surface area contributed by atoms with E-state index in [1.54, 1.807) is 12.1 Å².